The van der Waals surface area contributed by atoms with Crippen molar-refractivity contribution >= 4 is 6.09 Å². The Labute approximate surface area is 92.4 Å². The monoisotopic (exact) mass is 218 g/mol. The van der Waals surface area contributed by atoms with Crippen LogP contribution in [0, 0.1) is 0 Å². The SMILES string of the molecule is CC(C)(O)COC(=O)[N+](C)(C)C(C)(C)C. The van der Waals surface area contributed by atoms with E-state index in [9.17, 15) is 9.90 Å². The molecular formula is C11H24NO3+. The molecule has 0 saturated heterocycles. The van der Waals surface area contributed by atoms with Crippen molar-refractivity contribution in [1.82, 2.24) is 0 Å². The zero-order valence-corrected chi connectivity index (χ0v) is 10.9. The summed E-state index contributed by atoms with van der Waals surface area (Å²) in [7, 11) is 3.60. The number of carbonyl (C=O) groups is 1. The standard InChI is InChI=1S/C11H24NO3/c1-10(2,3)12(6,7)9(13)15-8-11(4,5)14/h14H,8H2,1-7H3/q+1. The van der Waals surface area contributed by atoms with Crippen LogP contribution in [0.4, 0.5) is 4.79 Å². The summed E-state index contributed by atoms with van der Waals surface area (Å²) in [6.45, 7) is 9.15. The second-order valence-electron chi connectivity index (χ2n) is 5.99. The van der Waals surface area contributed by atoms with Gasteiger partial charge in [-0.25, -0.2) is 4.48 Å². The lowest BCUT2D eigenvalue weighted by Crippen LogP contribution is -2.58. The van der Waals surface area contributed by atoms with Crippen LogP contribution in [0.1, 0.15) is 34.6 Å². The number of rotatable bonds is 2. The lowest BCUT2D eigenvalue weighted by molar-refractivity contribution is -0.866. The second-order valence-corrected chi connectivity index (χ2v) is 5.99. The third-order valence-corrected chi connectivity index (χ3v) is 2.68. The van der Waals surface area contributed by atoms with E-state index in [1.807, 2.05) is 20.8 Å². The molecule has 0 atom stereocenters. The molecule has 0 aliphatic heterocycles. The molecule has 0 fully saturated rings. The van der Waals surface area contributed by atoms with Crippen LogP contribution in [0.25, 0.3) is 0 Å². The normalized spacial score (nSPS) is 13.9. The van der Waals surface area contributed by atoms with Crippen LogP contribution in [0.15, 0.2) is 0 Å². The summed E-state index contributed by atoms with van der Waals surface area (Å²) >= 11 is 0. The van der Waals surface area contributed by atoms with Gasteiger partial charge in [-0.15, -0.1) is 0 Å². The van der Waals surface area contributed by atoms with Gasteiger partial charge in [0.15, 0.2) is 0 Å². The van der Waals surface area contributed by atoms with E-state index in [-0.39, 0.29) is 22.7 Å². The number of nitrogens with zero attached hydrogens (tertiary/aromatic N) is 1. The van der Waals surface area contributed by atoms with Gasteiger partial charge < -0.3 is 9.84 Å². The Bertz CT molecular complexity index is 233. The fourth-order valence-corrected chi connectivity index (χ4v) is 0.674. The van der Waals surface area contributed by atoms with E-state index in [4.69, 9.17) is 4.74 Å². The topological polar surface area (TPSA) is 46.5 Å². The molecule has 0 spiro atoms. The number of hydrogen-bond acceptors (Lipinski definition) is 3. The van der Waals surface area contributed by atoms with E-state index >= 15 is 0 Å². The van der Waals surface area contributed by atoms with Gasteiger partial charge in [0.1, 0.15) is 12.1 Å². The van der Waals surface area contributed by atoms with Crippen LogP contribution in [-0.2, 0) is 4.74 Å². The zero-order valence-electron chi connectivity index (χ0n) is 10.9. The minimum absolute atomic E-state index is 0.0175. The summed E-state index contributed by atoms with van der Waals surface area (Å²) in [6, 6.07) is 0. The quantitative estimate of drug-likeness (QED) is 0.718. The molecule has 0 aliphatic rings. The third-order valence-electron chi connectivity index (χ3n) is 2.68. The molecule has 0 aliphatic carbocycles. The third kappa shape index (κ3) is 4.18. The average molecular weight is 218 g/mol. The van der Waals surface area contributed by atoms with Crippen LogP contribution in [-0.4, -0.2) is 47.5 Å². The van der Waals surface area contributed by atoms with Crippen molar-refractivity contribution in [2.75, 3.05) is 20.7 Å². The maximum absolute atomic E-state index is 11.8. The number of quaternary nitrogens is 1. The Balaban J connectivity index is 4.47. The molecule has 15 heavy (non-hydrogen) atoms. The highest BCUT2D eigenvalue weighted by Crippen LogP contribution is 2.21. The number of amides is 1. The molecule has 0 aromatic carbocycles. The molecule has 4 nitrogen and oxygen atoms in total. The van der Waals surface area contributed by atoms with Gasteiger partial charge in [0, 0.05) is 0 Å². The number of ether oxygens (including phenoxy) is 1. The number of carbonyl (C=O) groups excluding carboxylic acids is 1. The summed E-state index contributed by atoms with van der Waals surface area (Å²) in [5.41, 5.74) is -1.20. The van der Waals surface area contributed by atoms with E-state index in [0.717, 1.165) is 0 Å². The van der Waals surface area contributed by atoms with Crippen molar-refractivity contribution in [2.45, 2.75) is 45.8 Å². The van der Waals surface area contributed by atoms with Gasteiger partial charge >= 0.3 is 6.09 Å². The molecule has 1 N–H and O–H groups in total. The molecule has 0 unspecified atom stereocenters. The van der Waals surface area contributed by atoms with E-state index in [2.05, 4.69) is 0 Å². The molecule has 1 amide bonds. The molecule has 0 bridgehead atoms. The molecule has 0 radical (unpaired) electrons. The van der Waals surface area contributed by atoms with Crippen molar-refractivity contribution < 1.29 is 19.1 Å². The van der Waals surface area contributed by atoms with Crippen molar-refractivity contribution in [3.8, 4) is 0 Å². The van der Waals surface area contributed by atoms with Crippen molar-refractivity contribution in [1.29, 1.82) is 0 Å². The fourth-order valence-electron chi connectivity index (χ4n) is 0.674. The highest BCUT2D eigenvalue weighted by molar-refractivity contribution is 5.59. The smallest absolute Gasteiger partial charge is 0.417 e. The van der Waals surface area contributed by atoms with Gasteiger partial charge in [-0.2, -0.15) is 4.79 Å². The predicted molar refractivity (Wildman–Crippen MR) is 59.5 cm³/mol. The first-order valence-corrected chi connectivity index (χ1v) is 5.12. The maximum atomic E-state index is 11.8. The first-order valence-electron chi connectivity index (χ1n) is 5.12. The van der Waals surface area contributed by atoms with E-state index in [1.54, 1.807) is 27.9 Å². The maximum Gasteiger partial charge on any atom is 0.516 e. The first-order chi connectivity index (χ1) is 6.38. The summed E-state index contributed by atoms with van der Waals surface area (Å²) in [6.07, 6.45) is -0.329. The molecule has 0 aromatic heterocycles. The van der Waals surface area contributed by atoms with Crippen molar-refractivity contribution in [3.05, 3.63) is 0 Å². The largest absolute Gasteiger partial charge is 0.516 e. The summed E-state index contributed by atoms with van der Waals surface area (Å²) in [5, 5.41) is 9.45. The first kappa shape index (κ1) is 14.4. The van der Waals surface area contributed by atoms with Crippen molar-refractivity contribution in [3.63, 3.8) is 0 Å². The number of aliphatic hydroxyl groups is 1. The summed E-state index contributed by atoms with van der Waals surface area (Å²) in [4.78, 5) is 11.8. The minimum atomic E-state index is -0.979. The van der Waals surface area contributed by atoms with Gasteiger partial charge in [-0.05, 0) is 34.6 Å². The van der Waals surface area contributed by atoms with Crippen LogP contribution in [0.5, 0.6) is 0 Å². The Hall–Kier alpha value is -0.610. The average Bonchev–Trinajstić information content (AvgIpc) is 1.96. The molecular weight excluding hydrogens is 194 g/mol. The van der Waals surface area contributed by atoms with Crippen LogP contribution < -0.4 is 0 Å². The highest BCUT2D eigenvalue weighted by Gasteiger charge is 2.41. The Kier molecular flexibility index (Phi) is 3.93. The Morgan fingerprint density at radius 3 is 1.87 bits per heavy atom. The van der Waals surface area contributed by atoms with Gasteiger partial charge in [-0.1, -0.05) is 0 Å². The molecule has 0 rings (SSSR count). The molecule has 0 heterocycles. The molecule has 4 heteroatoms. The number of hydrogen-bond donors (Lipinski definition) is 1. The lowest BCUT2D eigenvalue weighted by Gasteiger charge is -2.38. The molecule has 0 saturated carbocycles. The van der Waals surface area contributed by atoms with E-state index in [0.29, 0.717) is 0 Å². The van der Waals surface area contributed by atoms with Crippen LogP contribution >= 0.6 is 0 Å². The van der Waals surface area contributed by atoms with Crippen molar-refractivity contribution in [2.24, 2.45) is 0 Å². The molecule has 90 valence electrons. The highest BCUT2D eigenvalue weighted by atomic mass is 16.6. The van der Waals surface area contributed by atoms with E-state index in [1.165, 1.54) is 0 Å². The van der Waals surface area contributed by atoms with Crippen LogP contribution in [0.2, 0.25) is 0 Å². The van der Waals surface area contributed by atoms with Gasteiger partial charge in [-0.3, -0.25) is 0 Å². The summed E-state index contributed by atoms with van der Waals surface area (Å²) in [5.74, 6) is 0. The predicted octanol–water partition coefficient (Wildman–Crippen LogP) is 1.77. The summed E-state index contributed by atoms with van der Waals surface area (Å²) < 4.78 is 5.21. The fraction of sp³-hybridized carbons (Fsp3) is 0.909. The Morgan fingerprint density at radius 2 is 1.60 bits per heavy atom. The lowest BCUT2D eigenvalue weighted by atomic mass is 10.1. The van der Waals surface area contributed by atoms with Gasteiger partial charge in [0.05, 0.1) is 19.7 Å². The minimum Gasteiger partial charge on any atom is -0.417 e. The zero-order chi connectivity index (χ0) is 12.5. The Morgan fingerprint density at radius 1 is 1.20 bits per heavy atom. The molecule has 0 aromatic rings. The second kappa shape index (κ2) is 4.10. The van der Waals surface area contributed by atoms with Gasteiger partial charge in [0.25, 0.3) is 0 Å². The van der Waals surface area contributed by atoms with E-state index < -0.39 is 5.60 Å². The van der Waals surface area contributed by atoms with Gasteiger partial charge in [0.2, 0.25) is 0 Å². The van der Waals surface area contributed by atoms with Crippen LogP contribution in [0.3, 0.4) is 0 Å².